The van der Waals surface area contributed by atoms with E-state index in [2.05, 4.69) is 38.2 Å². The molecule has 0 saturated heterocycles. The van der Waals surface area contributed by atoms with Gasteiger partial charge in [-0.05, 0) is 51.2 Å². The van der Waals surface area contributed by atoms with Crippen LogP contribution in [0.5, 0.6) is 0 Å². The summed E-state index contributed by atoms with van der Waals surface area (Å²) in [6.45, 7) is 8.55. The predicted molar refractivity (Wildman–Crippen MR) is 64.9 cm³/mol. The third-order valence-electron chi connectivity index (χ3n) is 3.23. The zero-order valence-corrected chi connectivity index (χ0v) is 11.2. The largest absolute Gasteiger partial charge is 0.375 e. The van der Waals surface area contributed by atoms with E-state index in [1.54, 1.807) is 0 Å². The molecule has 2 atom stereocenters. The lowest BCUT2D eigenvalue weighted by Gasteiger charge is -2.28. The van der Waals surface area contributed by atoms with Crippen molar-refractivity contribution in [3.63, 3.8) is 0 Å². The zero-order valence-electron chi connectivity index (χ0n) is 11.2. The molecule has 0 heterocycles. The Hall–Kier alpha value is -0.800. The van der Waals surface area contributed by atoms with E-state index >= 15 is 0 Å². The molecule has 1 fully saturated rings. The predicted octanol–water partition coefficient (Wildman–Crippen LogP) is 3.59. The van der Waals surface area contributed by atoms with Crippen LogP contribution < -0.4 is 0 Å². The van der Waals surface area contributed by atoms with Crippen LogP contribution in [0.4, 0.5) is 0 Å². The maximum Gasteiger partial charge on any atom is 0.129 e. The van der Waals surface area contributed by atoms with Crippen LogP contribution in [0.2, 0.25) is 0 Å². The molecule has 0 N–H and O–H groups in total. The maximum absolute atomic E-state index is 5.44. The molecule has 1 aliphatic carbocycles. The minimum atomic E-state index is -0.00723. The normalized spacial score (nSPS) is 27.1. The molecule has 0 aliphatic heterocycles. The highest BCUT2D eigenvalue weighted by Gasteiger charge is 2.20. The van der Waals surface area contributed by atoms with Crippen LogP contribution in [0.15, 0.2) is 10.5 Å². The SMILES string of the molecule is C[C@@H]1CCC[C@@H](O/N=N/N(C)C(C)(C)C)C1. The molecule has 0 unspecified atom stereocenters. The minimum Gasteiger partial charge on any atom is -0.375 e. The van der Waals surface area contributed by atoms with Gasteiger partial charge in [0.2, 0.25) is 0 Å². The summed E-state index contributed by atoms with van der Waals surface area (Å²) in [5.41, 5.74) is -0.00723. The highest BCUT2D eigenvalue weighted by Crippen LogP contribution is 2.25. The third kappa shape index (κ3) is 4.37. The van der Waals surface area contributed by atoms with Crippen molar-refractivity contribution >= 4 is 0 Å². The van der Waals surface area contributed by atoms with E-state index in [1.165, 1.54) is 12.8 Å². The van der Waals surface area contributed by atoms with Crippen LogP contribution in [0.25, 0.3) is 0 Å². The molecule has 4 heteroatoms. The van der Waals surface area contributed by atoms with Gasteiger partial charge in [-0.15, -0.1) is 0 Å². The quantitative estimate of drug-likeness (QED) is 0.545. The zero-order chi connectivity index (χ0) is 12.2. The molecule has 0 bridgehead atoms. The van der Waals surface area contributed by atoms with Gasteiger partial charge in [0, 0.05) is 12.3 Å². The van der Waals surface area contributed by atoms with Crippen LogP contribution in [0, 0.1) is 5.92 Å². The van der Waals surface area contributed by atoms with Gasteiger partial charge in [0.25, 0.3) is 0 Å². The van der Waals surface area contributed by atoms with E-state index < -0.39 is 0 Å². The molecule has 1 saturated carbocycles. The molecule has 0 radical (unpaired) electrons. The van der Waals surface area contributed by atoms with Crippen molar-refractivity contribution in [2.45, 2.75) is 65.0 Å². The van der Waals surface area contributed by atoms with Crippen LogP contribution in [-0.2, 0) is 4.84 Å². The Morgan fingerprint density at radius 2 is 1.94 bits per heavy atom. The fourth-order valence-corrected chi connectivity index (χ4v) is 1.75. The second-order valence-corrected chi connectivity index (χ2v) is 5.86. The molecular weight excluding hydrogens is 202 g/mol. The number of hydrogen-bond donors (Lipinski definition) is 0. The summed E-state index contributed by atoms with van der Waals surface area (Å²) in [6.07, 6.45) is 5.05. The molecule has 0 aromatic heterocycles. The Kier molecular flexibility index (Phi) is 4.56. The summed E-state index contributed by atoms with van der Waals surface area (Å²) in [5.74, 6) is 0.759. The molecule has 16 heavy (non-hydrogen) atoms. The lowest BCUT2D eigenvalue weighted by molar-refractivity contribution is -0.0106. The molecule has 0 spiro atoms. The summed E-state index contributed by atoms with van der Waals surface area (Å²) in [7, 11) is 1.91. The lowest BCUT2D eigenvalue weighted by Crippen LogP contribution is -2.33. The lowest BCUT2D eigenvalue weighted by atomic mass is 9.89. The monoisotopic (exact) mass is 227 g/mol. The van der Waals surface area contributed by atoms with Crippen molar-refractivity contribution in [1.82, 2.24) is 5.01 Å². The van der Waals surface area contributed by atoms with Crippen LogP contribution in [-0.4, -0.2) is 23.7 Å². The number of nitrogens with zero attached hydrogens (tertiary/aromatic N) is 3. The molecule has 4 nitrogen and oxygen atoms in total. The van der Waals surface area contributed by atoms with Crippen molar-refractivity contribution in [3.8, 4) is 0 Å². The van der Waals surface area contributed by atoms with Crippen molar-refractivity contribution in [1.29, 1.82) is 0 Å². The average molecular weight is 227 g/mol. The first kappa shape index (κ1) is 13.3. The van der Waals surface area contributed by atoms with Crippen LogP contribution >= 0.6 is 0 Å². The van der Waals surface area contributed by atoms with Crippen molar-refractivity contribution in [3.05, 3.63) is 0 Å². The van der Waals surface area contributed by atoms with E-state index in [1.807, 2.05) is 12.1 Å². The molecule has 94 valence electrons. The van der Waals surface area contributed by atoms with Gasteiger partial charge in [-0.25, -0.2) is 0 Å². The van der Waals surface area contributed by atoms with Gasteiger partial charge in [-0.1, -0.05) is 13.3 Å². The Bertz CT molecular complexity index is 235. The van der Waals surface area contributed by atoms with Crippen molar-refractivity contribution in [2.24, 2.45) is 16.4 Å². The average Bonchev–Trinajstić information content (AvgIpc) is 2.16. The first-order valence-corrected chi connectivity index (χ1v) is 6.20. The highest BCUT2D eigenvalue weighted by atomic mass is 16.7. The van der Waals surface area contributed by atoms with E-state index in [4.69, 9.17) is 4.84 Å². The smallest absolute Gasteiger partial charge is 0.129 e. The first-order chi connectivity index (χ1) is 7.39. The molecule has 0 aromatic carbocycles. The standard InChI is InChI=1S/C12H25N3O/c1-10-7-6-8-11(9-10)16-14-13-15(5)12(2,3)4/h10-11H,6-9H2,1-5H3/b14-13+/t10-,11-/m1/s1. The first-order valence-electron chi connectivity index (χ1n) is 6.20. The van der Waals surface area contributed by atoms with Crippen LogP contribution in [0.3, 0.4) is 0 Å². The molecule has 1 rings (SSSR count). The van der Waals surface area contributed by atoms with Crippen molar-refractivity contribution < 1.29 is 4.84 Å². The maximum atomic E-state index is 5.44. The Morgan fingerprint density at radius 3 is 2.50 bits per heavy atom. The third-order valence-corrected chi connectivity index (χ3v) is 3.23. The summed E-state index contributed by atoms with van der Waals surface area (Å²) < 4.78 is 0. The minimum absolute atomic E-state index is 0.00723. The van der Waals surface area contributed by atoms with Gasteiger partial charge in [0.15, 0.2) is 0 Å². The Morgan fingerprint density at radius 1 is 1.25 bits per heavy atom. The number of rotatable bonds is 3. The fourth-order valence-electron chi connectivity index (χ4n) is 1.75. The van der Waals surface area contributed by atoms with E-state index in [-0.39, 0.29) is 11.6 Å². The summed E-state index contributed by atoms with van der Waals surface area (Å²) in [4.78, 5) is 5.44. The van der Waals surface area contributed by atoms with Gasteiger partial charge in [-0.2, -0.15) is 0 Å². The fraction of sp³-hybridized carbons (Fsp3) is 1.00. The second-order valence-electron chi connectivity index (χ2n) is 5.86. The van der Waals surface area contributed by atoms with Crippen molar-refractivity contribution in [2.75, 3.05) is 7.05 Å². The molecular formula is C12H25N3O. The van der Waals surface area contributed by atoms with Gasteiger partial charge < -0.3 is 4.84 Å². The number of hydrogen-bond acceptors (Lipinski definition) is 3. The van der Waals surface area contributed by atoms with Gasteiger partial charge in [0.05, 0.1) is 5.54 Å². The topological polar surface area (TPSA) is 37.2 Å². The summed E-state index contributed by atoms with van der Waals surface area (Å²) >= 11 is 0. The molecule has 0 aromatic rings. The Labute approximate surface area is 99.0 Å². The van der Waals surface area contributed by atoms with Gasteiger partial charge in [-0.3, -0.25) is 5.01 Å². The Balaban J connectivity index is 2.31. The van der Waals surface area contributed by atoms with E-state index in [0.717, 1.165) is 18.8 Å². The summed E-state index contributed by atoms with van der Waals surface area (Å²) in [5, 5.41) is 9.72. The molecule has 1 aliphatic rings. The second kappa shape index (κ2) is 5.51. The van der Waals surface area contributed by atoms with E-state index in [0.29, 0.717) is 0 Å². The van der Waals surface area contributed by atoms with E-state index in [9.17, 15) is 0 Å². The molecule has 0 amide bonds. The van der Waals surface area contributed by atoms with Gasteiger partial charge in [0.1, 0.15) is 6.10 Å². The summed E-state index contributed by atoms with van der Waals surface area (Å²) in [6, 6.07) is 0. The van der Waals surface area contributed by atoms with Gasteiger partial charge >= 0.3 is 0 Å². The highest BCUT2D eigenvalue weighted by molar-refractivity contribution is 4.70. The van der Waals surface area contributed by atoms with Crippen LogP contribution in [0.1, 0.15) is 53.4 Å².